The summed E-state index contributed by atoms with van der Waals surface area (Å²) in [4.78, 5) is 6.17. The van der Waals surface area contributed by atoms with E-state index in [0.29, 0.717) is 6.04 Å². The standard InChI is InChI=1S/C12H14N2OS/c1-13-9-3-2-4-10-11(9)14-12(16-10)8-5-6-15-7-8/h5-7,9,13H,2-4H2,1H3. The smallest absolute Gasteiger partial charge is 0.127 e. The summed E-state index contributed by atoms with van der Waals surface area (Å²) in [7, 11) is 2.01. The van der Waals surface area contributed by atoms with Crippen molar-refractivity contribution < 1.29 is 4.42 Å². The third kappa shape index (κ3) is 1.58. The summed E-state index contributed by atoms with van der Waals surface area (Å²) in [6.07, 6.45) is 7.08. The van der Waals surface area contributed by atoms with Gasteiger partial charge >= 0.3 is 0 Å². The Morgan fingerprint density at radius 1 is 1.56 bits per heavy atom. The van der Waals surface area contributed by atoms with Gasteiger partial charge in [-0.2, -0.15) is 0 Å². The van der Waals surface area contributed by atoms with Gasteiger partial charge in [0.15, 0.2) is 0 Å². The van der Waals surface area contributed by atoms with Gasteiger partial charge < -0.3 is 9.73 Å². The zero-order valence-corrected chi connectivity index (χ0v) is 10.0. The number of nitrogens with zero attached hydrogens (tertiary/aromatic N) is 1. The van der Waals surface area contributed by atoms with Crippen LogP contribution in [0.25, 0.3) is 10.6 Å². The third-order valence-corrected chi connectivity index (χ3v) is 4.25. The van der Waals surface area contributed by atoms with Crippen LogP contribution in [-0.4, -0.2) is 12.0 Å². The molecule has 0 amide bonds. The summed E-state index contributed by atoms with van der Waals surface area (Å²) in [6, 6.07) is 2.40. The highest BCUT2D eigenvalue weighted by Gasteiger charge is 2.23. The van der Waals surface area contributed by atoms with E-state index in [1.807, 2.05) is 13.1 Å². The van der Waals surface area contributed by atoms with Crippen LogP contribution in [0, 0.1) is 0 Å². The lowest BCUT2D eigenvalue weighted by Gasteiger charge is -2.19. The Morgan fingerprint density at radius 3 is 3.25 bits per heavy atom. The maximum Gasteiger partial charge on any atom is 0.127 e. The molecule has 0 spiro atoms. The monoisotopic (exact) mass is 234 g/mol. The normalized spacial score (nSPS) is 19.7. The molecule has 16 heavy (non-hydrogen) atoms. The van der Waals surface area contributed by atoms with Crippen LogP contribution in [0.4, 0.5) is 0 Å². The van der Waals surface area contributed by atoms with Crippen LogP contribution in [0.3, 0.4) is 0 Å². The van der Waals surface area contributed by atoms with Gasteiger partial charge in [-0.3, -0.25) is 0 Å². The van der Waals surface area contributed by atoms with Crippen molar-refractivity contribution in [3.8, 4) is 10.6 Å². The molecule has 0 fully saturated rings. The number of nitrogens with one attached hydrogen (secondary N) is 1. The fourth-order valence-electron chi connectivity index (χ4n) is 2.21. The van der Waals surface area contributed by atoms with Crippen molar-refractivity contribution in [1.82, 2.24) is 10.3 Å². The van der Waals surface area contributed by atoms with Crippen LogP contribution >= 0.6 is 11.3 Å². The Bertz CT molecular complexity index is 475. The van der Waals surface area contributed by atoms with Crippen molar-refractivity contribution in [2.75, 3.05) is 7.05 Å². The van der Waals surface area contributed by atoms with Crippen LogP contribution in [0.1, 0.15) is 29.5 Å². The molecular weight excluding hydrogens is 220 g/mol. The number of aromatic nitrogens is 1. The SMILES string of the molecule is CNC1CCCc2sc(-c3ccoc3)nc21. The van der Waals surface area contributed by atoms with Gasteiger partial charge in [-0.1, -0.05) is 0 Å². The lowest BCUT2D eigenvalue weighted by atomic mass is 9.98. The summed E-state index contributed by atoms with van der Waals surface area (Å²) in [5.41, 5.74) is 2.34. The highest BCUT2D eigenvalue weighted by Crippen LogP contribution is 2.36. The minimum atomic E-state index is 0.431. The number of thiazole rings is 1. The fraction of sp³-hybridized carbons (Fsp3) is 0.417. The quantitative estimate of drug-likeness (QED) is 0.868. The van der Waals surface area contributed by atoms with Gasteiger partial charge in [0.2, 0.25) is 0 Å². The Hall–Kier alpha value is -1.13. The predicted molar refractivity (Wildman–Crippen MR) is 64.6 cm³/mol. The van der Waals surface area contributed by atoms with Gasteiger partial charge in [-0.25, -0.2) is 4.98 Å². The predicted octanol–water partition coefficient (Wildman–Crippen LogP) is 3.00. The molecule has 2 aromatic rings. The molecule has 3 rings (SSSR count). The second kappa shape index (κ2) is 4.03. The minimum absolute atomic E-state index is 0.431. The summed E-state index contributed by atoms with van der Waals surface area (Å²) >= 11 is 1.80. The Balaban J connectivity index is 2.02. The van der Waals surface area contributed by atoms with E-state index in [9.17, 15) is 0 Å². The number of aryl methyl sites for hydroxylation is 1. The molecule has 1 aliphatic carbocycles. The summed E-state index contributed by atoms with van der Waals surface area (Å²) in [5.74, 6) is 0. The molecule has 4 heteroatoms. The average Bonchev–Trinajstić information content (AvgIpc) is 2.96. The number of fused-ring (bicyclic) bond motifs is 1. The van der Waals surface area contributed by atoms with E-state index in [1.165, 1.54) is 29.8 Å². The maximum absolute atomic E-state index is 5.11. The van der Waals surface area contributed by atoms with Crippen LogP contribution in [-0.2, 0) is 6.42 Å². The summed E-state index contributed by atoms with van der Waals surface area (Å²) in [6.45, 7) is 0. The van der Waals surface area contributed by atoms with Gasteiger partial charge in [0.05, 0.1) is 18.0 Å². The van der Waals surface area contributed by atoms with E-state index < -0.39 is 0 Å². The van der Waals surface area contributed by atoms with Crippen molar-refractivity contribution in [2.45, 2.75) is 25.3 Å². The van der Waals surface area contributed by atoms with E-state index in [1.54, 1.807) is 23.9 Å². The molecule has 0 saturated carbocycles. The number of hydrogen-bond donors (Lipinski definition) is 1. The van der Waals surface area contributed by atoms with Crippen molar-refractivity contribution in [1.29, 1.82) is 0 Å². The summed E-state index contributed by atoms with van der Waals surface area (Å²) < 4.78 is 5.11. The van der Waals surface area contributed by atoms with Crippen molar-refractivity contribution in [2.24, 2.45) is 0 Å². The Labute approximate surface area is 98.5 Å². The first kappa shape index (κ1) is 10.1. The topological polar surface area (TPSA) is 38.1 Å². The molecule has 1 atom stereocenters. The lowest BCUT2D eigenvalue weighted by Crippen LogP contribution is -2.21. The molecule has 1 unspecified atom stereocenters. The fourth-order valence-corrected chi connectivity index (χ4v) is 3.36. The largest absolute Gasteiger partial charge is 0.472 e. The van der Waals surface area contributed by atoms with Crippen molar-refractivity contribution >= 4 is 11.3 Å². The molecule has 84 valence electrons. The molecule has 2 heterocycles. The Kier molecular flexibility index (Phi) is 2.53. The maximum atomic E-state index is 5.11. The van der Waals surface area contributed by atoms with Crippen LogP contribution in [0.2, 0.25) is 0 Å². The molecular formula is C12H14N2OS. The first-order valence-corrected chi connectivity index (χ1v) is 6.39. The second-order valence-corrected chi connectivity index (χ2v) is 5.16. The van der Waals surface area contributed by atoms with E-state index in [0.717, 1.165) is 10.6 Å². The van der Waals surface area contributed by atoms with Crippen LogP contribution in [0.15, 0.2) is 23.0 Å². The molecule has 3 nitrogen and oxygen atoms in total. The van der Waals surface area contributed by atoms with Crippen LogP contribution < -0.4 is 5.32 Å². The highest BCUT2D eigenvalue weighted by atomic mass is 32.1. The van der Waals surface area contributed by atoms with E-state index in [4.69, 9.17) is 9.40 Å². The zero-order chi connectivity index (χ0) is 11.0. The molecule has 0 aromatic carbocycles. The van der Waals surface area contributed by atoms with Gasteiger partial charge in [0, 0.05) is 10.4 Å². The van der Waals surface area contributed by atoms with Gasteiger partial charge in [-0.05, 0) is 32.4 Å². The zero-order valence-electron chi connectivity index (χ0n) is 9.19. The van der Waals surface area contributed by atoms with Crippen molar-refractivity contribution in [3.05, 3.63) is 29.2 Å². The van der Waals surface area contributed by atoms with E-state index in [-0.39, 0.29) is 0 Å². The number of hydrogen-bond acceptors (Lipinski definition) is 4. The molecule has 0 radical (unpaired) electrons. The second-order valence-electron chi connectivity index (χ2n) is 4.07. The number of furan rings is 1. The molecule has 0 bridgehead atoms. The molecule has 0 saturated heterocycles. The van der Waals surface area contributed by atoms with E-state index >= 15 is 0 Å². The average molecular weight is 234 g/mol. The first-order valence-electron chi connectivity index (χ1n) is 5.58. The molecule has 1 N–H and O–H groups in total. The molecule has 2 aromatic heterocycles. The van der Waals surface area contributed by atoms with E-state index in [2.05, 4.69) is 5.32 Å². The van der Waals surface area contributed by atoms with Crippen molar-refractivity contribution in [3.63, 3.8) is 0 Å². The van der Waals surface area contributed by atoms with Gasteiger partial charge in [0.25, 0.3) is 0 Å². The first-order chi connectivity index (χ1) is 7.88. The Morgan fingerprint density at radius 2 is 2.50 bits per heavy atom. The summed E-state index contributed by atoms with van der Waals surface area (Å²) in [5, 5.41) is 4.42. The highest BCUT2D eigenvalue weighted by molar-refractivity contribution is 7.15. The lowest BCUT2D eigenvalue weighted by molar-refractivity contribution is 0.490. The third-order valence-electron chi connectivity index (χ3n) is 3.07. The van der Waals surface area contributed by atoms with Gasteiger partial charge in [-0.15, -0.1) is 11.3 Å². The molecule has 1 aliphatic rings. The minimum Gasteiger partial charge on any atom is -0.472 e. The number of rotatable bonds is 2. The van der Waals surface area contributed by atoms with Crippen LogP contribution in [0.5, 0.6) is 0 Å². The van der Waals surface area contributed by atoms with Gasteiger partial charge in [0.1, 0.15) is 11.3 Å². The molecule has 0 aliphatic heterocycles.